The minimum absolute atomic E-state index is 0.512. The zero-order valence-corrected chi connectivity index (χ0v) is 10.8. The molecule has 0 saturated heterocycles. The van der Waals surface area contributed by atoms with Gasteiger partial charge in [-0.3, -0.25) is 4.57 Å². The molecule has 0 N–H and O–H groups in total. The molecule has 72 valence electrons. The van der Waals surface area contributed by atoms with Gasteiger partial charge in [0.05, 0.1) is 7.11 Å². The molecule has 1 aromatic rings. The van der Waals surface area contributed by atoms with Crippen LogP contribution in [0.2, 0.25) is 0 Å². The van der Waals surface area contributed by atoms with E-state index in [0.29, 0.717) is 5.75 Å². The van der Waals surface area contributed by atoms with Gasteiger partial charge in [-0.05, 0) is 24.3 Å². The van der Waals surface area contributed by atoms with Gasteiger partial charge in [0.1, 0.15) is 11.5 Å². The number of benzene rings is 1. The van der Waals surface area contributed by atoms with Crippen molar-refractivity contribution in [1.82, 2.24) is 0 Å². The summed E-state index contributed by atoms with van der Waals surface area (Å²) in [4.78, 5) is 0. The van der Waals surface area contributed by atoms with E-state index in [9.17, 15) is 4.57 Å². The third-order valence-corrected chi connectivity index (χ3v) is 2.56. The quantitative estimate of drug-likeness (QED) is 0.787. The maximum absolute atomic E-state index is 11.1. The number of methoxy groups -OCH3 is 1. The van der Waals surface area contributed by atoms with E-state index in [1.54, 1.807) is 31.4 Å². The zero-order chi connectivity index (χ0) is 9.90. The maximum Gasteiger partial charge on any atom is 0.374 e. The van der Waals surface area contributed by atoms with Crippen LogP contribution >= 0.6 is 35.8 Å². The highest BCUT2D eigenvalue weighted by molar-refractivity contribution is 9.70. The molecule has 0 unspecified atom stereocenters. The lowest BCUT2D eigenvalue weighted by Gasteiger charge is -2.06. The summed E-state index contributed by atoms with van der Waals surface area (Å²) in [5, 5.41) is 0. The zero-order valence-electron chi connectivity index (χ0n) is 6.74. The first-order valence-corrected chi connectivity index (χ1v) is 9.00. The Hall–Kier alpha value is 0.01000. The van der Waals surface area contributed by atoms with E-state index in [4.69, 9.17) is 9.26 Å². The van der Waals surface area contributed by atoms with Gasteiger partial charge in [-0.1, -0.05) is 0 Å². The van der Waals surface area contributed by atoms with E-state index in [1.807, 2.05) is 0 Å². The Kier molecular flexibility index (Phi) is 3.83. The Labute approximate surface area is 92.4 Å². The van der Waals surface area contributed by atoms with Crippen LogP contribution in [0.25, 0.3) is 0 Å². The van der Waals surface area contributed by atoms with Gasteiger partial charge in [-0.2, -0.15) is 0 Å². The van der Waals surface area contributed by atoms with Crippen LogP contribution in [0, 0.1) is 0 Å². The SMILES string of the molecule is COc1ccc(OP(=O)(Br)Br)cc1. The molecule has 0 fully saturated rings. The summed E-state index contributed by atoms with van der Waals surface area (Å²) in [6, 6.07) is 6.80. The molecule has 0 heterocycles. The van der Waals surface area contributed by atoms with Crippen molar-refractivity contribution in [2.75, 3.05) is 7.11 Å². The van der Waals surface area contributed by atoms with Crippen LogP contribution in [0.15, 0.2) is 24.3 Å². The van der Waals surface area contributed by atoms with Gasteiger partial charge in [0.25, 0.3) is 0 Å². The number of hydrogen-bond donors (Lipinski definition) is 0. The van der Waals surface area contributed by atoms with Crippen molar-refractivity contribution >= 4 is 35.8 Å². The molecule has 13 heavy (non-hydrogen) atoms. The highest BCUT2D eigenvalue weighted by Crippen LogP contribution is 2.61. The fourth-order valence-corrected chi connectivity index (χ4v) is 2.13. The maximum atomic E-state index is 11.1. The highest BCUT2D eigenvalue weighted by atomic mass is 79.9. The standard InChI is InChI=1S/C7H7Br2O3P/c1-11-6-2-4-7(5-3-6)12-13(8,9)10/h2-5H,1H3. The first kappa shape index (κ1) is 11.1. The van der Waals surface area contributed by atoms with E-state index in [2.05, 4.69) is 31.0 Å². The minimum Gasteiger partial charge on any atom is -0.497 e. The van der Waals surface area contributed by atoms with Crippen molar-refractivity contribution < 1.29 is 13.8 Å². The average molecular weight is 330 g/mol. The second-order valence-corrected chi connectivity index (χ2v) is 11.7. The van der Waals surface area contributed by atoms with Gasteiger partial charge >= 0.3 is 4.77 Å². The number of hydrogen-bond acceptors (Lipinski definition) is 3. The average Bonchev–Trinajstić information content (AvgIpc) is 2.03. The van der Waals surface area contributed by atoms with Crippen molar-refractivity contribution in [3.63, 3.8) is 0 Å². The molecule has 0 saturated carbocycles. The fraction of sp³-hybridized carbons (Fsp3) is 0.143. The Morgan fingerprint density at radius 3 is 2.00 bits per heavy atom. The van der Waals surface area contributed by atoms with E-state index in [-0.39, 0.29) is 0 Å². The summed E-state index contributed by atoms with van der Waals surface area (Å²) in [6.45, 7) is 0. The predicted octanol–water partition coefficient (Wildman–Crippen LogP) is 3.97. The van der Waals surface area contributed by atoms with Crippen molar-refractivity contribution in [1.29, 1.82) is 0 Å². The topological polar surface area (TPSA) is 35.5 Å². The number of ether oxygens (including phenoxy) is 1. The lowest BCUT2D eigenvalue weighted by Crippen LogP contribution is -1.83. The third kappa shape index (κ3) is 4.16. The molecular weight excluding hydrogens is 323 g/mol. The summed E-state index contributed by atoms with van der Waals surface area (Å²) in [6.07, 6.45) is 0. The van der Waals surface area contributed by atoms with Gasteiger partial charge in [-0.25, -0.2) is 0 Å². The Morgan fingerprint density at radius 1 is 1.15 bits per heavy atom. The van der Waals surface area contributed by atoms with Gasteiger partial charge in [0, 0.05) is 31.0 Å². The normalized spacial score (nSPS) is 11.0. The van der Waals surface area contributed by atoms with Gasteiger partial charge in [0.15, 0.2) is 0 Å². The molecule has 0 atom stereocenters. The van der Waals surface area contributed by atoms with Crippen molar-refractivity contribution in [3.8, 4) is 11.5 Å². The smallest absolute Gasteiger partial charge is 0.374 e. The monoisotopic (exact) mass is 328 g/mol. The lowest BCUT2D eigenvalue weighted by molar-refractivity contribution is 0.414. The third-order valence-electron chi connectivity index (χ3n) is 1.27. The van der Waals surface area contributed by atoms with Crippen LogP contribution in [-0.4, -0.2) is 7.11 Å². The van der Waals surface area contributed by atoms with Crippen LogP contribution in [-0.2, 0) is 4.57 Å². The second kappa shape index (κ2) is 4.49. The van der Waals surface area contributed by atoms with Crippen LogP contribution in [0.3, 0.4) is 0 Å². The summed E-state index contributed by atoms with van der Waals surface area (Å²) < 4.78 is 18.3. The van der Waals surface area contributed by atoms with Crippen LogP contribution in [0.1, 0.15) is 0 Å². The molecule has 0 aliphatic heterocycles. The summed E-state index contributed by atoms with van der Waals surface area (Å²) >= 11 is 5.74. The molecule has 1 aromatic carbocycles. The van der Waals surface area contributed by atoms with Crippen molar-refractivity contribution in [2.24, 2.45) is 0 Å². The van der Waals surface area contributed by atoms with E-state index in [0.717, 1.165) is 5.75 Å². The molecule has 0 aromatic heterocycles. The molecule has 6 heteroatoms. The Morgan fingerprint density at radius 2 is 1.62 bits per heavy atom. The number of rotatable bonds is 3. The predicted molar refractivity (Wildman–Crippen MR) is 59.1 cm³/mol. The first-order chi connectivity index (χ1) is 6.01. The molecule has 3 nitrogen and oxygen atoms in total. The van der Waals surface area contributed by atoms with Gasteiger partial charge < -0.3 is 9.26 Å². The number of halogens is 2. The Balaban J connectivity index is 2.76. The summed E-state index contributed by atoms with van der Waals surface area (Å²) in [7, 11) is 1.58. The van der Waals surface area contributed by atoms with Crippen molar-refractivity contribution in [3.05, 3.63) is 24.3 Å². The van der Waals surface area contributed by atoms with Crippen LogP contribution in [0.4, 0.5) is 0 Å². The van der Waals surface area contributed by atoms with Gasteiger partial charge in [0.2, 0.25) is 0 Å². The lowest BCUT2D eigenvalue weighted by atomic mass is 10.3. The van der Waals surface area contributed by atoms with Crippen LogP contribution in [0.5, 0.6) is 11.5 Å². The highest BCUT2D eigenvalue weighted by Gasteiger charge is 2.13. The molecule has 0 aliphatic rings. The largest absolute Gasteiger partial charge is 0.497 e. The van der Waals surface area contributed by atoms with E-state index in [1.165, 1.54) is 0 Å². The van der Waals surface area contributed by atoms with E-state index < -0.39 is 4.77 Å². The molecule has 0 aliphatic carbocycles. The van der Waals surface area contributed by atoms with Gasteiger partial charge in [-0.15, -0.1) is 0 Å². The first-order valence-electron chi connectivity index (χ1n) is 3.34. The molecule has 0 amide bonds. The molecule has 1 rings (SSSR count). The molecular formula is C7H7Br2O3P. The summed E-state index contributed by atoms with van der Waals surface area (Å²) in [5.74, 6) is 1.24. The molecule has 0 spiro atoms. The van der Waals surface area contributed by atoms with Crippen molar-refractivity contribution in [2.45, 2.75) is 0 Å². The Bertz CT molecular complexity index is 319. The summed E-state index contributed by atoms with van der Waals surface area (Å²) in [5.41, 5.74) is 0. The fourth-order valence-electron chi connectivity index (χ4n) is 0.759. The second-order valence-electron chi connectivity index (χ2n) is 2.18. The minimum atomic E-state index is -2.83. The van der Waals surface area contributed by atoms with Crippen LogP contribution < -0.4 is 9.26 Å². The van der Waals surface area contributed by atoms with E-state index >= 15 is 0 Å². The molecule has 0 radical (unpaired) electrons. The molecule has 0 bridgehead atoms.